The zero-order chi connectivity index (χ0) is 16.4. The van der Waals surface area contributed by atoms with Crippen LogP contribution in [0.25, 0.3) is 0 Å². The number of carbonyl (C=O) groups excluding carboxylic acids is 1. The highest BCUT2D eigenvalue weighted by molar-refractivity contribution is 6.30. The van der Waals surface area contributed by atoms with Gasteiger partial charge in [-0.2, -0.15) is 0 Å². The van der Waals surface area contributed by atoms with Gasteiger partial charge in [0.15, 0.2) is 0 Å². The number of hydrogen-bond donors (Lipinski definition) is 0. The van der Waals surface area contributed by atoms with Crippen LogP contribution >= 0.6 is 11.6 Å². The van der Waals surface area contributed by atoms with E-state index in [0.29, 0.717) is 36.9 Å². The van der Waals surface area contributed by atoms with Crippen molar-refractivity contribution in [3.05, 3.63) is 51.9 Å². The lowest BCUT2D eigenvalue weighted by molar-refractivity contribution is -0.138. The second kappa shape index (κ2) is 6.72. The molecular weight excluding hydrogens is 316 g/mol. The summed E-state index contributed by atoms with van der Waals surface area (Å²) in [5, 5.41) is 4.59. The van der Waals surface area contributed by atoms with Gasteiger partial charge < -0.3 is 14.2 Å². The Labute approximate surface area is 140 Å². The Balaban J connectivity index is 1.68. The number of aromatic nitrogens is 1. The lowest BCUT2D eigenvalue weighted by Crippen LogP contribution is -2.43. The van der Waals surface area contributed by atoms with Gasteiger partial charge in [0, 0.05) is 17.1 Å². The van der Waals surface area contributed by atoms with Crippen LogP contribution in [0.5, 0.6) is 0 Å². The molecule has 2 aromatic rings. The van der Waals surface area contributed by atoms with Crippen LogP contribution in [-0.4, -0.2) is 35.7 Å². The van der Waals surface area contributed by atoms with Crippen molar-refractivity contribution in [3.8, 4) is 0 Å². The van der Waals surface area contributed by atoms with Crippen LogP contribution in [0.3, 0.4) is 0 Å². The third-order valence-electron chi connectivity index (χ3n) is 4.17. The van der Waals surface area contributed by atoms with Gasteiger partial charge in [-0.25, -0.2) is 0 Å². The molecule has 0 N–H and O–H groups in total. The molecule has 1 fully saturated rings. The first-order valence-electron chi connectivity index (χ1n) is 7.61. The zero-order valence-electron chi connectivity index (χ0n) is 13.2. The monoisotopic (exact) mass is 334 g/mol. The van der Waals surface area contributed by atoms with Gasteiger partial charge in [0.2, 0.25) is 5.91 Å². The molecule has 6 heteroatoms. The summed E-state index contributed by atoms with van der Waals surface area (Å²) >= 11 is 5.92. The molecule has 23 heavy (non-hydrogen) atoms. The highest BCUT2D eigenvalue weighted by Gasteiger charge is 2.26. The number of nitrogens with zero attached hydrogens (tertiary/aromatic N) is 2. The lowest BCUT2D eigenvalue weighted by atomic mass is 10.1. The average molecular weight is 335 g/mol. The Bertz CT molecular complexity index is 677. The Kier molecular flexibility index (Phi) is 4.68. The van der Waals surface area contributed by atoms with E-state index in [0.717, 1.165) is 16.8 Å². The van der Waals surface area contributed by atoms with E-state index in [1.54, 1.807) is 0 Å². The molecule has 2 heterocycles. The van der Waals surface area contributed by atoms with Gasteiger partial charge in [-0.1, -0.05) is 28.9 Å². The predicted molar refractivity (Wildman–Crippen MR) is 86.4 cm³/mol. The van der Waals surface area contributed by atoms with E-state index in [-0.39, 0.29) is 12.0 Å². The molecule has 0 bridgehead atoms. The lowest BCUT2D eigenvalue weighted by Gasteiger charge is -2.33. The van der Waals surface area contributed by atoms with Crippen LogP contribution < -0.4 is 0 Å². The highest BCUT2D eigenvalue weighted by atomic mass is 35.5. The van der Waals surface area contributed by atoms with E-state index in [4.69, 9.17) is 20.9 Å². The van der Waals surface area contributed by atoms with Crippen LogP contribution in [0.15, 0.2) is 28.8 Å². The van der Waals surface area contributed by atoms with Crippen LogP contribution in [0, 0.1) is 13.8 Å². The molecule has 1 aliphatic heterocycles. The summed E-state index contributed by atoms with van der Waals surface area (Å²) in [6.07, 6.45) is 0.198. The standard InChI is InChI=1S/C17H19ClN2O3/c1-11-15(12(2)23-19-11)9-17(21)20-7-8-22-16(10-20)13-3-5-14(18)6-4-13/h3-6,16H,7-10H2,1-2H3. The number of benzene rings is 1. The summed E-state index contributed by atoms with van der Waals surface area (Å²) in [6, 6.07) is 7.56. The molecule has 1 amide bonds. The van der Waals surface area contributed by atoms with E-state index in [1.807, 2.05) is 43.0 Å². The fourth-order valence-electron chi connectivity index (χ4n) is 2.77. The van der Waals surface area contributed by atoms with Crippen molar-refractivity contribution in [2.45, 2.75) is 26.4 Å². The number of aryl methyl sites for hydroxylation is 2. The second-order valence-corrected chi connectivity index (χ2v) is 6.17. The molecule has 5 nitrogen and oxygen atoms in total. The first-order chi connectivity index (χ1) is 11.0. The average Bonchev–Trinajstić information content (AvgIpc) is 2.87. The number of rotatable bonds is 3. The number of halogens is 1. The maximum absolute atomic E-state index is 12.6. The SMILES string of the molecule is Cc1noc(C)c1CC(=O)N1CCOC(c2ccc(Cl)cc2)C1. The topological polar surface area (TPSA) is 55.6 Å². The molecule has 122 valence electrons. The maximum Gasteiger partial charge on any atom is 0.227 e. The first kappa shape index (κ1) is 16.0. The van der Waals surface area contributed by atoms with Crippen LogP contribution in [0.4, 0.5) is 0 Å². The Morgan fingerprint density at radius 2 is 2.09 bits per heavy atom. The van der Waals surface area contributed by atoms with Crippen molar-refractivity contribution < 1.29 is 14.1 Å². The predicted octanol–water partition coefficient (Wildman–Crippen LogP) is 3.09. The van der Waals surface area contributed by atoms with Crippen LogP contribution in [0.1, 0.15) is 28.7 Å². The van der Waals surface area contributed by atoms with Crippen molar-refractivity contribution in [1.29, 1.82) is 0 Å². The van der Waals surface area contributed by atoms with Gasteiger partial charge in [-0.3, -0.25) is 4.79 Å². The minimum absolute atomic E-state index is 0.0710. The minimum atomic E-state index is -0.116. The molecule has 1 aromatic carbocycles. The third-order valence-corrected chi connectivity index (χ3v) is 4.42. The summed E-state index contributed by atoms with van der Waals surface area (Å²) < 4.78 is 10.9. The fourth-order valence-corrected chi connectivity index (χ4v) is 2.90. The molecule has 3 rings (SSSR count). The quantitative estimate of drug-likeness (QED) is 0.865. The van der Waals surface area contributed by atoms with Crippen LogP contribution in [0.2, 0.25) is 5.02 Å². The second-order valence-electron chi connectivity index (χ2n) is 5.73. The highest BCUT2D eigenvalue weighted by Crippen LogP contribution is 2.24. The van der Waals surface area contributed by atoms with Crippen LogP contribution in [-0.2, 0) is 16.0 Å². The fraction of sp³-hybridized carbons (Fsp3) is 0.412. The van der Waals surface area contributed by atoms with E-state index in [1.165, 1.54) is 0 Å². The number of amides is 1. The maximum atomic E-state index is 12.6. The Morgan fingerprint density at radius 1 is 1.35 bits per heavy atom. The van der Waals surface area contributed by atoms with Gasteiger partial charge in [-0.05, 0) is 31.5 Å². The van der Waals surface area contributed by atoms with Crippen molar-refractivity contribution >= 4 is 17.5 Å². The molecule has 1 saturated heterocycles. The number of carbonyl (C=O) groups is 1. The van der Waals surface area contributed by atoms with Gasteiger partial charge >= 0.3 is 0 Å². The zero-order valence-corrected chi connectivity index (χ0v) is 14.0. The third kappa shape index (κ3) is 3.57. The molecule has 1 aliphatic rings. The number of ether oxygens (including phenoxy) is 1. The summed E-state index contributed by atoms with van der Waals surface area (Å²) in [6.45, 7) is 5.37. The van der Waals surface area contributed by atoms with Crippen molar-refractivity contribution in [1.82, 2.24) is 10.1 Å². The van der Waals surface area contributed by atoms with Crippen molar-refractivity contribution in [3.63, 3.8) is 0 Å². The summed E-state index contributed by atoms with van der Waals surface area (Å²) in [7, 11) is 0. The summed E-state index contributed by atoms with van der Waals surface area (Å²) in [4.78, 5) is 14.4. The summed E-state index contributed by atoms with van der Waals surface area (Å²) in [5.41, 5.74) is 2.69. The van der Waals surface area contributed by atoms with Gasteiger partial charge in [0.1, 0.15) is 11.9 Å². The number of hydrogen-bond acceptors (Lipinski definition) is 4. The van der Waals surface area contributed by atoms with Gasteiger partial charge in [-0.15, -0.1) is 0 Å². The van der Waals surface area contributed by atoms with E-state index in [9.17, 15) is 4.79 Å². The normalized spacial score (nSPS) is 18.2. The smallest absolute Gasteiger partial charge is 0.227 e. The summed E-state index contributed by atoms with van der Waals surface area (Å²) in [5.74, 6) is 0.778. The Hall–Kier alpha value is -1.85. The van der Waals surface area contributed by atoms with Crippen molar-refractivity contribution in [2.75, 3.05) is 19.7 Å². The van der Waals surface area contributed by atoms with E-state index in [2.05, 4.69) is 5.16 Å². The molecule has 1 aromatic heterocycles. The largest absolute Gasteiger partial charge is 0.370 e. The van der Waals surface area contributed by atoms with Gasteiger partial charge in [0.05, 0.1) is 25.3 Å². The molecule has 0 spiro atoms. The van der Waals surface area contributed by atoms with E-state index < -0.39 is 0 Å². The van der Waals surface area contributed by atoms with E-state index >= 15 is 0 Å². The van der Waals surface area contributed by atoms with Gasteiger partial charge in [0.25, 0.3) is 0 Å². The number of morpholine rings is 1. The molecule has 1 unspecified atom stereocenters. The molecule has 0 radical (unpaired) electrons. The molecule has 0 saturated carbocycles. The van der Waals surface area contributed by atoms with Crippen molar-refractivity contribution in [2.24, 2.45) is 0 Å². The molecule has 0 aliphatic carbocycles. The first-order valence-corrected chi connectivity index (χ1v) is 7.99. The molecule has 1 atom stereocenters. The molecular formula is C17H19ClN2O3. The Morgan fingerprint density at radius 3 is 2.74 bits per heavy atom. The minimum Gasteiger partial charge on any atom is -0.370 e.